The number of nitrogens with one attached hydrogen (secondary N) is 2. The summed E-state index contributed by atoms with van der Waals surface area (Å²) in [6, 6.07) is 2.29. The highest BCUT2D eigenvalue weighted by Gasteiger charge is 2.25. The third-order valence-electron chi connectivity index (χ3n) is 6.08. The summed E-state index contributed by atoms with van der Waals surface area (Å²) in [5.41, 5.74) is 2.57. The van der Waals surface area contributed by atoms with Crippen LogP contribution in [0, 0.1) is 25.2 Å². The molecule has 2 fully saturated rings. The number of ether oxygens (including phenoxy) is 1. The maximum absolute atomic E-state index is 12.8. The summed E-state index contributed by atoms with van der Waals surface area (Å²) in [5, 5.41) is 12.7. The second kappa shape index (κ2) is 9.38. The van der Waals surface area contributed by atoms with Crippen molar-refractivity contribution in [3.05, 3.63) is 16.8 Å². The number of rotatable bonds is 5. The van der Waals surface area contributed by atoms with Gasteiger partial charge in [0.2, 0.25) is 0 Å². The maximum Gasteiger partial charge on any atom is 0.280 e. The molecule has 3 heterocycles. The molecule has 148 valence electrons. The number of likely N-dealkylation sites (tertiary alicyclic amines) is 1. The standard InChI is InChI=1S/C21H32N4O2/c1-16-17(2)25(14-18-9-8-12-27-18)21(19(16)13-22)23-20(26)15-24-10-6-4-3-5-7-11-24/h18H,3-12,14-15H2,1-2H3,(H,23,26)/p+1/t18-/m1/s1. The minimum Gasteiger partial charge on any atom is -0.376 e. The van der Waals surface area contributed by atoms with Crippen LogP contribution in [0.3, 0.4) is 0 Å². The van der Waals surface area contributed by atoms with Gasteiger partial charge in [0, 0.05) is 12.3 Å². The second-order valence-electron chi connectivity index (χ2n) is 8.03. The lowest BCUT2D eigenvalue weighted by atomic mass is 10.1. The molecular weight excluding hydrogens is 340 g/mol. The quantitative estimate of drug-likeness (QED) is 0.829. The van der Waals surface area contributed by atoms with Crippen molar-refractivity contribution in [1.29, 1.82) is 5.26 Å². The molecule has 0 aromatic carbocycles. The molecule has 0 aliphatic carbocycles. The Morgan fingerprint density at radius 2 is 1.93 bits per heavy atom. The van der Waals surface area contributed by atoms with Gasteiger partial charge in [-0.3, -0.25) is 4.79 Å². The van der Waals surface area contributed by atoms with Gasteiger partial charge >= 0.3 is 0 Å². The molecule has 1 aromatic rings. The third-order valence-corrected chi connectivity index (χ3v) is 6.08. The van der Waals surface area contributed by atoms with Gasteiger partial charge in [-0.05, 0) is 57.9 Å². The molecule has 1 atom stereocenters. The Morgan fingerprint density at radius 3 is 2.56 bits per heavy atom. The fourth-order valence-corrected chi connectivity index (χ4v) is 4.34. The van der Waals surface area contributed by atoms with Crippen LogP contribution in [0.4, 0.5) is 5.82 Å². The topological polar surface area (TPSA) is 71.5 Å². The van der Waals surface area contributed by atoms with Crippen LogP contribution in [0.1, 0.15) is 61.8 Å². The summed E-state index contributed by atoms with van der Waals surface area (Å²) >= 11 is 0. The number of carbonyl (C=O) groups excluding carboxylic acids is 1. The van der Waals surface area contributed by atoms with Crippen molar-refractivity contribution >= 4 is 11.7 Å². The molecule has 0 radical (unpaired) electrons. The van der Waals surface area contributed by atoms with Crippen molar-refractivity contribution in [2.24, 2.45) is 0 Å². The summed E-state index contributed by atoms with van der Waals surface area (Å²) in [4.78, 5) is 14.1. The zero-order valence-electron chi connectivity index (χ0n) is 16.8. The average Bonchev–Trinajstić information content (AvgIpc) is 3.20. The van der Waals surface area contributed by atoms with Gasteiger partial charge in [0.1, 0.15) is 11.9 Å². The van der Waals surface area contributed by atoms with Crippen LogP contribution in [-0.4, -0.2) is 42.8 Å². The first-order valence-electron chi connectivity index (χ1n) is 10.4. The molecule has 27 heavy (non-hydrogen) atoms. The fraction of sp³-hybridized carbons (Fsp3) is 0.714. The second-order valence-corrected chi connectivity index (χ2v) is 8.03. The molecular formula is C21H33N4O2+. The summed E-state index contributed by atoms with van der Waals surface area (Å²) in [6.45, 7) is 8.08. The Kier molecular flexibility index (Phi) is 6.92. The van der Waals surface area contributed by atoms with E-state index in [-0.39, 0.29) is 12.0 Å². The van der Waals surface area contributed by atoms with E-state index in [0.717, 1.165) is 43.8 Å². The zero-order chi connectivity index (χ0) is 19.2. The highest BCUT2D eigenvalue weighted by molar-refractivity contribution is 5.92. The molecule has 2 aliphatic rings. The van der Waals surface area contributed by atoms with Crippen LogP contribution in [-0.2, 0) is 16.1 Å². The van der Waals surface area contributed by atoms with Gasteiger partial charge in [0.05, 0.1) is 31.3 Å². The van der Waals surface area contributed by atoms with Gasteiger partial charge in [-0.1, -0.05) is 6.42 Å². The van der Waals surface area contributed by atoms with Crippen molar-refractivity contribution in [3.8, 4) is 6.07 Å². The summed E-state index contributed by atoms with van der Waals surface area (Å²) in [7, 11) is 0. The highest BCUT2D eigenvalue weighted by atomic mass is 16.5. The lowest BCUT2D eigenvalue weighted by molar-refractivity contribution is -0.892. The van der Waals surface area contributed by atoms with Crippen LogP contribution in [0.5, 0.6) is 0 Å². The third kappa shape index (κ3) is 4.91. The molecule has 6 heteroatoms. The normalized spacial score (nSPS) is 21.4. The van der Waals surface area contributed by atoms with Gasteiger partial charge in [-0.15, -0.1) is 0 Å². The van der Waals surface area contributed by atoms with E-state index in [1.807, 2.05) is 13.8 Å². The number of aromatic nitrogens is 1. The monoisotopic (exact) mass is 373 g/mol. The minimum absolute atomic E-state index is 0.00756. The summed E-state index contributed by atoms with van der Waals surface area (Å²) in [5.74, 6) is 0.660. The van der Waals surface area contributed by atoms with E-state index in [0.29, 0.717) is 24.5 Å². The Hall–Kier alpha value is -1.84. The highest BCUT2D eigenvalue weighted by Crippen LogP contribution is 2.28. The first kappa shape index (κ1) is 19.9. The van der Waals surface area contributed by atoms with Crippen LogP contribution in [0.15, 0.2) is 0 Å². The van der Waals surface area contributed by atoms with E-state index >= 15 is 0 Å². The first-order chi connectivity index (χ1) is 13.1. The molecule has 2 aliphatic heterocycles. The molecule has 2 N–H and O–H groups in total. The number of hydrogen-bond donors (Lipinski definition) is 2. The van der Waals surface area contributed by atoms with Crippen molar-refractivity contribution < 1.29 is 14.4 Å². The van der Waals surface area contributed by atoms with E-state index in [2.05, 4.69) is 16.0 Å². The molecule has 0 bridgehead atoms. The Balaban J connectivity index is 1.72. The van der Waals surface area contributed by atoms with Gasteiger partial charge in [0.25, 0.3) is 5.91 Å². The summed E-state index contributed by atoms with van der Waals surface area (Å²) in [6.07, 6.45) is 8.52. The van der Waals surface area contributed by atoms with Crippen LogP contribution in [0.2, 0.25) is 0 Å². The average molecular weight is 374 g/mol. The van der Waals surface area contributed by atoms with Gasteiger partial charge < -0.3 is 19.5 Å². The van der Waals surface area contributed by atoms with E-state index < -0.39 is 0 Å². The number of amides is 1. The lowest BCUT2D eigenvalue weighted by Crippen LogP contribution is -3.13. The molecule has 3 rings (SSSR count). The summed E-state index contributed by atoms with van der Waals surface area (Å²) < 4.78 is 7.86. The number of nitriles is 1. The SMILES string of the molecule is Cc1c(C#N)c(NC(=O)C[NH+]2CCCCCCC2)n(C[C@H]2CCCO2)c1C. The van der Waals surface area contributed by atoms with Gasteiger partial charge in [0.15, 0.2) is 6.54 Å². The molecule has 0 unspecified atom stereocenters. The molecule has 1 amide bonds. The van der Waals surface area contributed by atoms with Gasteiger partial charge in [-0.25, -0.2) is 0 Å². The Bertz CT molecular complexity index is 690. The predicted molar refractivity (Wildman–Crippen MR) is 105 cm³/mol. The van der Waals surface area contributed by atoms with Crippen LogP contribution in [0.25, 0.3) is 0 Å². The predicted octanol–water partition coefficient (Wildman–Crippen LogP) is 1.94. The largest absolute Gasteiger partial charge is 0.376 e. The van der Waals surface area contributed by atoms with Crippen molar-refractivity contribution in [2.45, 2.75) is 71.4 Å². The Morgan fingerprint density at radius 1 is 1.22 bits per heavy atom. The Labute approximate surface area is 162 Å². The lowest BCUT2D eigenvalue weighted by Gasteiger charge is -2.22. The maximum atomic E-state index is 12.8. The van der Waals surface area contributed by atoms with Crippen molar-refractivity contribution in [3.63, 3.8) is 0 Å². The molecule has 0 spiro atoms. The number of quaternary nitrogens is 1. The first-order valence-corrected chi connectivity index (χ1v) is 10.4. The van der Waals surface area contributed by atoms with E-state index in [9.17, 15) is 10.1 Å². The van der Waals surface area contributed by atoms with E-state index in [4.69, 9.17) is 4.74 Å². The molecule has 2 saturated heterocycles. The number of hydrogen-bond acceptors (Lipinski definition) is 3. The molecule has 0 saturated carbocycles. The van der Waals surface area contributed by atoms with Crippen molar-refractivity contribution in [2.75, 3.05) is 31.6 Å². The fourth-order valence-electron chi connectivity index (χ4n) is 4.34. The van der Waals surface area contributed by atoms with E-state index in [1.54, 1.807) is 0 Å². The van der Waals surface area contributed by atoms with Gasteiger partial charge in [-0.2, -0.15) is 5.26 Å². The minimum atomic E-state index is 0.00756. The number of carbonyl (C=O) groups is 1. The molecule has 6 nitrogen and oxygen atoms in total. The van der Waals surface area contributed by atoms with E-state index in [1.165, 1.54) is 37.0 Å². The molecule has 1 aromatic heterocycles. The number of nitrogens with zero attached hydrogens (tertiary/aromatic N) is 2. The number of anilines is 1. The van der Waals surface area contributed by atoms with Crippen LogP contribution < -0.4 is 10.2 Å². The smallest absolute Gasteiger partial charge is 0.280 e. The van der Waals surface area contributed by atoms with Crippen molar-refractivity contribution in [1.82, 2.24) is 4.57 Å². The zero-order valence-corrected chi connectivity index (χ0v) is 16.8. The van der Waals surface area contributed by atoms with Crippen LogP contribution >= 0.6 is 0 Å².